The maximum absolute atomic E-state index is 12.2. The number of carbonyl (C=O) groups excluding carboxylic acids is 1. The average Bonchev–Trinajstić information content (AvgIpc) is 3.26. The van der Waals surface area contributed by atoms with E-state index in [4.69, 9.17) is 0 Å². The Morgan fingerprint density at radius 3 is 2.84 bits per heavy atom. The minimum atomic E-state index is 0.330. The van der Waals surface area contributed by atoms with Crippen molar-refractivity contribution in [3.05, 3.63) is 35.5 Å². The van der Waals surface area contributed by atoms with Gasteiger partial charge in [0, 0.05) is 54.6 Å². The number of para-hydroxylation sites is 1. The molecule has 1 aromatic heterocycles. The zero-order valence-corrected chi connectivity index (χ0v) is 11.2. The van der Waals surface area contributed by atoms with Gasteiger partial charge in [-0.05, 0) is 18.9 Å². The van der Waals surface area contributed by atoms with Crippen LogP contribution in [-0.2, 0) is 24.8 Å². The van der Waals surface area contributed by atoms with E-state index in [1.807, 2.05) is 0 Å². The molecule has 0 radical (unpaired) electrons. The molecule has 1 saturated carbocycles. The van der Waals surface area contributed by atoms with Crippen LogP contribution < -0.4 is 0 Å². The van der Waals surface area contributed by atoms with Crippen molar-refractivity contribution in [1.29, 1.82) is 0 Å². The number of fused-ring (bicyclic) bond motifs is 3. The first kappa shape index (κ1) is 11.1. The second-order valence-corrected chi connectivity index (χ2v) is 5.79. The number of nitrogens with zero attached hydrogens (tertiary/aromatic N) is 2. The standard InChI is InChI=1S/C16H18N2O/c1-17-14-5-3-2-4-12(14)13-10-18(9-8-15(13)17)16(19)11-6-7-11/h2-5,11H,6-10H2,1H3. The minimum Gasteiger partial charge on any atom is -0.347 e. The Labute approximate surface area is 112 Å². The Morgan fingerprint density at radius 1 is 1.26 bits per heavy atom. The zero-order chi connectivity index (χ0) is 13.0. The third-order valence-electron chi connectivity index (χ3n) is 4.55. The molecule has 0 bridgehead atoms. The highest BCUT2D eigenvalue weighted by atomic mass is 16.2. The molecule has 4 rings (SSSR count). The summed E-state index contributed by atoms with van der Waals surface area (Å²) in [5, 5.41) is 1.31. The summed E-state index contributed by atoms with van der Waals surface area (Å²) in [7, 11) is 2.14. The first-order valence-corrected chi connectivity index (χ1v) is 7.09. The second-order valence-electron chi connectivity index (χ2n) is 5.79. The smallest absolute Gasteiger partial charge is 0.225 e. The molecule has 1 fully saturated rings. The van der Waals surface area contributed by atoms with Crippen LogP contribution in [0, 0.1) is 5.92 Å². The fourth-order valence-corrected chi connectivity index (χ4v) is 3.31. The third-order valence-corrected chi connectivity index (χ3v) is 4.55. The van der Waals surface area contributed by atoms with Crippen molar-refractivity contribution in [1.82, 2.24) is 9.47 Å². The van der Waals surface area contributed by atoms with Gasteiger partial charge in [0.05, 0.1) is 0 Å². The van der Waals surface area contributed by atoms with E-state index in [0.717, 1.165) is 32.4 Å². The van der Waals surface area contributed by atoms with Crippen LogP contribution in [0.1, 0.15) is 24.1 Å². The average molecular weight is 254 g/mol. The lowest BCUT2D eigenvalue weighted by molar-refractivity contribution is -0.133. The number of aryl methyl sites for hydroxylation is 1. The summed E-state index contributed by atoms with van der Waals surface area (Å²) in [5.41, 5.74) is 4.05. The topological polar surface area (TPSA) is 25.2 Å². The van der Waals surface area contributed by atoms with Gasteiger partial charge in [-0.25, -0.2) is 0 Å². The van der Waals surface area contributed by atoms with Crippen molar-refractivity contribution in [2.75, 3.05) is 6.54 Å². The summed E-state index contributed by atoms with van der Waals surface area (Å²) < 4.78 is 2.30. The van der Waals surface area contributed by atoms with E-state index in [1.54, 1.807) is 0 Å². The van der Waals surface area contributed by atoms with Gasteiger partial charge in [-0.2, -0.15) is 0 Å². The number of hydrogen-bond donors (Lipinski definition) is 0. The lowest BCUT2D eigenvalue weighted by Crippen LogP contribution is -2.37. The Kier molecular flexibility index (Phi) is 2.25. The molecule has 3 heteroatoms. The minimum absolute atomic E-state index is 0.330. The van der Waals surface area contributed by atoms with Crippen LogP contribution in [0.4, 0.5) is 0 Å². The lowest BCUT2D eigenvalue weighted by atomic mass is 10.0. The predicted molar refractivity (Wildman–Crippen MR) is 74.8 cm³/mol. The maximum Gasteiger partial charge on any atom is 0.225 e. The summed E-state index contributed by atoms with van der Waals surface area (Å²) in [6, 6.07) is 8.52. The zero-order valence-electron chi connectivity index (χ0n) is 11.2. The van der Waals surface area contributed by atoms with Crippen LogP contribution in [-0.4, -0.2) is 21.9 Å². The van der Waals surface area contributed by atoms with E-state index < -0.39 is 0 Å². The van der Waals surface area contributed by atoms with Crippen LogP contribution in [0.25, 0.3) is 10.9 Å². The first-order chi connectivity index (χ1) is 9.25. The molecule has 0 N–H and O–H groups in total. The maximum atomic E-state index is 12.2. The molecule has 0 unspecified atom stereocenters. The molecule has 0 spiro atoms. The van der Waals surface area contributed by atoms with Crippen molar-refractivity contribution in [3.8, 4) is 0 Å². The van der Waals surface area contributed by atoms with Crippen LogP contribution in [0.2, 0.25) is 0 Å². The molecule has 3 nitrogen and oxygen atoms in total. The molecule has 2 aliphatic rings. The van der Waals surface area contributed by atoms with Crippen molar-refractivity contribution in [2.45, 2.75) is 25.8 Å². The molecule has 0 atom stereocenters. The third kappa shape index (κ3) is 1.61. The van der Waals surface area contributed by atoms with Gasteiger partial charge in [-0.1, -0.05) is 18.2 Å². The molecule has 1 amide bonds. The molecule has 2 heterocycles. The Balaban J connectivity index is 1.77. The van der Waals surface area contributed by atoms with E-state index in [1.165, 1.54) is 22.2 Å². The van der Waals surface area contributed by atoms with E-state index >= 15 is 0 Å². The quantitative estimate of drug-likeness (QED) is 0.767. The summed E-state index contributed by atoms with van der Waals surface area (Å²) in [5.74, 6) is 0.704. The van der Waals surface area contributed by atoms with E-state index in [9.17, 15) is 4.79 Å². The van der Waals surface area contributed by atoms with Gasteiger partial charge in [0.25, 0.3) is 0 Å². The van der Waals surface area contributed by atoms with Gasteiger partial charge >= 0.3 is 0 Å². The number of amides is 1. The Hall–Kier alpha value is -1.77. The monoisotopic (exact) mass is 254 g/mol. The summed E-state index contributed by atoms with van der Waals surface area (Å²) in [6.07, 6.45) is 3.18. The fourth-order valence-electron chi connectivity index (χ4n) is 3.31. The van der Waals surface area contributed by atoms with Gasteiger partial charge in [-0.3, -0.25) is 4.79 Å². The van der Waals surface area contributed by atoms with E-state index in [0.29, 0.717) is 11.8 Å². The second kappa shape index (κ2) is 3.86. The molecular formula is C16H18N2O. The van der Waals surface area contributed by atoms with Crippen molar-refractivity contribution >= 4 is 16.8 Å². The molecule has 1 aromatic carbocycles. The largest absolute Gasteiger partial charge is 0.347 e. The molecule has 1 aliphatic heterocycles. The van der Waals surface area contributed by atoms with E-state index in [-0.39, 0.29) is 0 Å². The van der Waals surface area contributed by atoms with Crippen LogP contribution in [0.3, 0.4) is 0 Å². The van der Waals surface area contributed by atoms with Gasteiger partial charge in [0.15, 0.2) is 0 Å². The van der Waals surface area contributed by atoms with Gasteiger partial charge in [-0.15, -0.1) is 0 Å². The summed E-state index contributed by atoms with van der Waals surface area (Å²) >= 11 is 0. The highest BCUT2D eigenvalue weighted by Crippen LogP contribution is 2.35. The van der Waals surface area contributed by atoms with Gasteiger partial charge in [0.2, 0.25) is 5.91 Å². The number of benzene rings is 1. The number of carbonyl (C=O) groups is 1. The number of aromatic nitrogens is 1. The van der Waals surface area contributed by atoms with Crippen molar-refractivity contribution < 1.29 is 4.79 Å². The molecular weight excluding hydrogens is 236 g/mol. The summed E-state index contributed by atoms with van der Waals surface area (Å²) in [4.78, 5) is 14.3. The van der Waals surface area contributed by atoms with E-state index in [2.05, 4.69) is 40.8 Å². The van der Waals surface area contributed by atoms with Crippen LogP contribution in [0.15, 0.2) is 24.3 Å². The number of hydrogen-bond acceptors (Lipinski definition) is 1. The highest BCUT2D eigenvalue weighted by molar-refractivity contribution is 5.87. The van der Waals surface area contributed by atoms with Crippen molar-refractivity contribution in [3.63, 3.8) is 0 Å². The predicted octanol–water partition coefficient (Wildman–Crippen LogP) is 2.47. The van der Waals surface area contributed by atoms with Crippen LogP contribution >= 0.6 is 0 Å². The summed E-state index contributed by atoms with van der Waals surface area (Å²) in [6.45, 7) is 1.68. The molecule has 0 saturated heterocycles. The lowest BCUT2D eigenvalue weighted by Gasteiger charge is -2.28. The fraction of sp³-hybridized carbons (Fsp3) is 0.438. The molecule has 1 aliphatic carbocycles. The molecule has 19 heavy (non-hydrogen) atoms. The van der Waals surface area contributed by atoms with Gasteiger partial charge in [0.1, 0.15) is 0 Å². The Morgan fingerprint density at radius 2 is 2.05 bits per heavy atom. The number of rotatable bonds is 1. The highest BCUT2D eigenvalue weighted by Gasteiger charge is 2.35. The Bertz CT molecular complexity index is 667. The molecule has 98 valence electrons. The normalized spacial score (nSPS) is 18.7. The SMILES string of the molecule is Cn1c2c(c3ccccc31)CN(C(=O)C1CC1)CC2. The van der Waals surface area contributed by atoms with Gasteiger partial charge < -0.3 is 9.47 Å². The molecule has 2 aromatic rings. The van der Waals surface area contributed by atoms with Crippen LogP contribution in [0.5, 0.6) is 0 Å². The first-order valence-electron chi connectivity index (χ1n) is 7.09. The van der Waals surface area contributed by atoms with Crippen molar-refractivity contribution in [2.24, 2.45) is 13.0 Å².